The zero-order valence-electron chi connectivity index (χ0n) is 18.6. The number of benzene rings is 2. The summed E-state index contributed by atoms with van der Waals surface area (Å²) in [6, 6.07) is 20.0. The second-order valence-corrected chi connectivity index (χ2v) is 11.3. The van der Waals surface area contributed by atoms with Gasteiger partial charge in [0.25, 0.3) is 15.9 Å². The molecule has 1 aliphatic rings. The first-order chi connectivity index (χ1) is 16.4. The molecule has 0 bridgehead atoms. The number of hydrogen-bond donors (Lipinski definition) is 2. The van der Waals surface area contributed by atoms with E-state index in [4.69, 9.17) is 0 Å². The number of nitrogens with one attached hydrogen (secondary N) is 2. The van der Waals surface area contributed by atoms with Gasteiger partial charge in [-0.1, -0.05) is 48.5 Å². The molecule has 0 radical (unpaired) electrons. The molecule has 2 heterocycles. The van der Waals surface area contributed by atoms with Crippen molar-refractivity contribution in [2.75, 3.05) is 25.0 Å². The maximum atomic E-state index is 13.0. The lowest BCUT2D eigenvalue weighted by Gasteiger charge is -2.31. The SMILES string of the molecule is O=C(NCCc1ccccc1)c1ccccc1NC(=O)[C@@H]1CCCN(S(=O)(=O)c2cccs2)C1. The van der Waals surface area contributed by atoms with Gasteiger partial charge in [-0.3, -0.25) is 9.59 Å². The molecule has 1 aromatic heterocycles. The number of hydrogen-bond acceptors (Lipinski definition) is 5. The van der Waals surface area contributed by atoms with E-state index in [1.165, 1.54) is 15.6 Å². The van der Waals surface area contributed by atoms with Gasteiger partial charge in [0, 0.05) is 19.6 Å². The molecule has 1 saturated heterocycles. The zero-order chi connectivity index (χ0) is 24.0. The summed E-state index contributed by atoms with van der Waals surface area (Å²) in [5.74, 6) is -1.04. The zero-order valence-corrected chi connectivity index (χ0v) is 20.3. The minimum atomic E-state index is -3.61. The van der Waals surface area contributed by atoms with Crippen LogP contribution in [0.2, 0.25) is 0 Å². The Morgan fingerprint density at radius 1 is 1.00 bits per heavy atom. The number of carbonyl (C=O) groups excluding carboxylic acids is 2. The van der Waals surface area contributed by atoms with Crippen LogP contribution in [-0.2, 0) is 21.2 Å². The van der Waals surface area contributed by atoms with Crippen LogP contribution < -0.4 is 10.6 Å². The average Bonchev–Trinajstić information content (AvgIpc) is 3.41. The van der Waals surface area contributed by atoms with Gasteiger partial charge < -0.3 is 10.6 Å². The van der Waals surface area contributed by atoms with Gasteiger partial charge in [-0.15, -0.1) is 11.3 Å². The van der Waals surface area contributed by atoms with Gasteiger partial charge in [-0.05, 0) is 48.4 Å². The fourth-order valence-electron chi connectivity index (χ4n) is 4.00. The molecule has 0 aliphatic carbocycles. The first kappa shape index (κ1) is 24.1. The molecular formula is C25H27N3O4S2. The molecule has 34 heavy (non-hydrogen) atoms. The predicted molar refractivity (Wildman–Crippen MR) is 133 cm³/mol. The number of anilines is 1. The number of nitrogens with zero attached hydrogens (tertiary/aromatic N) is 1. The average molecular weight is 498 g/mol. The monoisotopic (exact) mass is 497 g/mol. The van der Waals surface area contributed by atoms with Gasteiger partial charge in [-0.2, -0.15) is 4.31 Å². The molecule has 7 nitrogen and oxygen atoms in total. The molecule has 178 valence electrons. The number of amides is 2. The number of piperidine rings is 1. The fraction of sp³-hybridized carbons (Fsp3) is 0.280. The van der Waals surface area contributed by atoms with Gasteiger partial charge in [0.15, 0.2) is 0 Å². The standard InChI is InChI=1S/C25H27N3O4S2/c29-24(20-10-6-16-28(18-20)34(31,32)23-13-7-17-33-23)27-22-12-5-4-11-21(22)25(30)26-15-14-19-8-2-1-3-9-19/h1-5,7-9,11-13,17,20H,6,10,14-16,18H2,(H,26,30)(H,27,29)/t20-/m1/s1. The Hall–Kier alpha value is -3.01. The van der Waals surface area contributed by atoms with Crippen molar-refractivity contribution in [3.8, 4) is 0 Å². The molecule has 2 N–H and O–H groups in total. The minimum absolute atomic E-state index is 0.123. The Morgan fingerprint density at radius 2 is 1.76 bits per heavy atom. The van der Waals surface area contributed by atoms with Gasteiger partial charge in [-0.25, -0.2) is 8.42 Å². The van der Waals surface area contributed by atoms with Gasteiger partial charge >= 0.3 is 0 Å². The number of para-hydroxylation sites is 1. The van der Waals surface area contributed by atoms with E-state index >= 15 is 0 Å². The molecule has 1 atom stereocenters. The highest BCUT2D eigenvalue weighted by Crippen LogP contribution is 2.27. The Bertz CT molecular complexity index is 1230. The molecule has 0 saturated carbocycles. The van der Waals surface area contributed by atoms with E-state index < -0.39 is 15.9 Å². The number of sulfonamides is 1. The Balaban J connectivity index is 1.39. The van der Waals surface area contributed by atoms with E-state index in [2.05, 4.69) is 10.6 Å². The maximum absolute atomic E-state index is 13.0. The van der Waals surface area contributed by atoms with E-state index in [1.807, 2.05) is 30.3 Å². The Morgan fingerprint density at radius 3 is 2.53 bits per heavy atom. The van der Waals surface area contributed by atoms with Crippen LogP contribution in [-0.4, -0.2) is 44.2 Å². The smallest absolute Gasteiger partial charge is 0.253 e. The summed E-state index contributed by atoms with van der Waals surface area (Å²) in [6.07, 6.45) is 1.90. The van der Waals surface area contributed by atoms with Crippen molar-refractivity contribution in [1.82, 2.24) is 9.62 Å². The fourth-order valence-corrected chi connectivity index (χ4v) is 6.67. The summed E-state index contributed by atoms with van der Waals surface area (Å²) in [5, 5.41) is 7.49. The highest BCUT2D eigenvalue weighted by atomic mass is 32.2. The van der Waals surface area contributed by atoms with Gasteiger partial charge in [0.2, 0.25) is 5.91 Å². The number of thiophene rings is 1. The van der Waals surface area contributed by atoms with Gasteiger partial charge in [0.1, 0.15) is 4.21 Å². The maximum Gasteiger partial charge on any atom is 0.253 e. The summed E-state index contributed by atoms with van der Waals surface area (Å²) in [7, 11) is -3.61. The van der Waals surface area contributed by atoms with Gasteiger partial charge in [0.05, 0.1) is 17.2 Å². The second kappa shape index (κ2) is 10.9. The van der Waals surface area contributed by atoms with E-state index in [-0.39, 0.29) is 22.6 Å². The van der Waals surface area contributed by atoms with Crippen molar-refractivity contribution in [3.05, 3.63) is 83.2 Å². The van der Waals surface area contributed by atoms with E-state index in [0.29, 0.717) is 43.6 Å². The largest absolute Gasteiger partial charge is 0.352 e. The highest BCUT2D eigenvalue weighted by molar-refractivity contribution is 7.91. The molecule has 1 fully saturated rings. The van der Waals surface area contributed by atoms with Crippen molar-refractivity contribution in [2.45, 2.75) is 23.5 Å². The normalized spacial score (nSPS) is 16.6. The summed E-state index contributed by atoms with van der Waals surface area (Å²) < 4.78 is 27.4. The van der Waals surface area contributed by atoms with Crippen molar-refractivity contribution in [3.63, 3.8) is 0 Å². The quantitative estimate of drug-likeness (QED) is 0.495. The van der Waals surface area contributed by atoms with Crippen LogP contribution in [0.25, 0.3) is 0 Å². The number of rotatable bonds is 8. The van der Waals surface area contributed by atoms with Crippen LogP contribution in [0.4, 0.5) is 5.69 Å². The summed E-state index contributed by atoms with van der Waals surface area (Å²) in [4.78, 5) is 25.8. The molecule has 0 unspecified atom stereocenters. The Kier molecular flexibility index (Phi) is 7.77. The van der Waals surface area contributed by atoms with Crippen LogP contribution in [0.3, 0.4) is 0 Å². The topological polar surface area (TPSA) is 95.6 Å². The number of carbonyl (C=O) groups is 2. The third-order valence-corrected chi connectivity index (χ3v) is 9.05. The van der Waals surface area contributed by atoms with E-state index in [0.717, 1.165) is 5.56 Å². The van der Waals surface area contributed by atoms with E-state index in [9.17, 15) is 18.0 Å². The van der Waals surface area contributed by atoms with Crippen molar-refractivity contribution in [1.29, 1.82) is 0 Å². The summed E-state index contributed by atoms with van der Waals surface area (Å²) in [6.45, 7) is 0.991. The summed E-state index contributed by atoms with van der Waals surface area (Å²) in [5.41, 5.74) is 1.93. The highest BCUT2D eigenvalue weighted by Gasteiger charge is 2.34. The Labute approximate surface area is 203 Å². The third kappa shape index (κ3) is 5.72. The molecule has 3 aromatic rings. The summed E-state index contributed by atoms with van der Waals surface area (Å²) >= 11 is 1.17. The van der Waals surface area contributed by atoms with Crippen molar-refractivity contribution >= 4 is 38.9 Å². The molecular weight excluding hydrogens is 470 g/mol. The lowest BCUT2D eigenvalue weighted by Crippen LogP contribution is -2.43. The van der Waals surface area contributed by atoms with Crippen LogP contribution >= 0.6 is 11.3 Å². The molecule has 2 aromatic carbocycles. The van der Waals surface area contributed by atoms with Crippen molar-refractivity contribution in [2.24, 2.45) is 5.92 Å². The molecule has 9 heteroatoms. The van der Waals surface area contributed by atoms with Crippen LogP contribution in [0.15, 0.2) is 76.3 Å². The minimum Gasteiger partial charge on any atom is -0.352 e. The van der Waals surface area contributed by atoms with E-state index in [1.54, 1.807) is 41.8 Å². The lowest BCUT2D eigenvalue weighted by molar-refractivity contribution is -0.120. The molecule has 2 amide bonds. The molecule has 0 spiro atoms. The first-order valence-corrected chi connectivity index (χ1v) is 13.5. The van der Waals surface area contributed by atoms with Crippen LogP contribution in [0.5, 0.6) is 0 Å². The molecule has 1 aliphatic heterocycles. The van der Waals surface area contributed by atoms with Crippen molar-refractivity contribution < 1.29 is 18.0 Å². The van der Waals surface area contributed by atoms with Crippen LogP contribution in [0.1, 0.15) is 28.8 Å². The molecule has 4 rings (SSSR count). The van der Waals surface area contributed by atoms with Crippen LogP contribution in [0, 0.1) is 5.92 Å². The second-order valence-electron chi connectivity index (χ2n) is 8.16. The lowest BCUT2D eigenvalue weighted by atomic mass is 9.98. The predicted octanol–water partition coefficient (Wildman–Crippen LogP) is 3.76. The third-order valence-electron chi connectivity index (χ3n) is 5.82. The first-order valence-electron chi connectivity index (χ1n) is 11.2.